The largest absolute Gasteiger partial charge is 0.353 e. The minimum atomic E-state index is -3.70. The van der Waals surface area contributed by atoms with Crippen LogP contribution in [0.5, 0.6) is 0 Å². The highest BCUT2D eigenvalue weighted by atomic mass is 32.2. The lowest BCUT2D eigenvalue weighted by atomic mass is 10.2. The first kappa shape index (κ1) is 22.1. The summed E-state index contributed by atoms with van der Waals surface area (Å²) in [6.45, 7) is 2.33. The van der Waals surface area contributed by atoms with Crippen LogP contribution in [0.1, 0.15) is 32.1 Å². The highest BCUT2D eigenvalue weighted by Crippen LogP contribution is 2.47. The quantitative estimate of drug-likeness (QED) is 0.655. The fraction of sp³-hybridized carbons (Fsp3) is 0.619. The highest BCUT2D eigenvalue weighted by Gasteiger charge is 2.57. The predicted octanol–water partition coefficient (Wildman–Crippen LogP) is 0.694. The SMILES string of the molecule is CN(CC1CCCN1C(=O)CC#N)S(=O)(=O)N1CCN(c2ncnc3[nH]ccc23)CC12CC2. The predicted molar refractivity (Wildman–Crippen MR) is 121 cm³/mol. The molecule has 1 unspecified atom stereocenters. The van der Waals surface area contributed by atoms with Gasteiger partial charge < -0.3 is 14.8 Å². The molecule has 0 bridgehead atoms. The van der Waals surface area contributed by atoms with Gasteiger partial charge in [0.1, 0.15) is 24.2 Å². The van der Waals surface area contributed by atoms with Crippen LogP contribution in [0, 0.1) is 11.3 Å². The van der Waals surface area contributed by atoms with Crippen molar-refractivity contribution in [2.45, 2.75) is 43.7 Å². The van der Waals surface area contributed by atoms with Crippen LogP contribution < -0.4 is 4.90 Å². The van der Waals surface area contributed by atoms with Crippen LogP contribution >= 0.6 is 0 Å². The molecule has 0 aromatic carbocycles. The zero-order chi connectivity index (χ0) is 23.2. The molecule has 0 radical (unpaired) electrons. The number of carbonyl (C=O) groups excluding carboxylic acids is 1. The maximum Gasteiger partial charge on any atom is 0.282 e. The van der Waals surface area contributed by atoms with E-state index in [1.165, 1.54) is 10.6 Å². The van der Waals surface area contributed by atoms with Crippen LogP contribution in [-0.4, -0.2) is 94.1 Å². The molecule has 12 heteroatoms. The van der Waals surface area contributed by atoms with E-state index in [0.717, 1.165) is 42.5 Å². The Kier molecular flexibility index (Phi) is 5.50. The minimum absolute atomic E-state index is 0.171. The van der Waals surface area contributed by atoms with Crippen molar-refractivity contribution >= 4 is 33.0 Å². The molecule has 33 heavy (non-hydrogen) atoms. The number of aromatic amines is 1. The summed E-state index contributed by atoms with van der Waals surface area (Å²) < 4.78 is 30.2. The molecule has 1 N–H and O–H groups in total. The number of H-pyrrole nitrogens is 1. The number of likely N-dealkylation sites (tertiary alicyclic amines) is 1. The second kappa shape index (κ2) is 8.23. The number of anilines is 1. The van der Waals surface area contributed by atoms with Crippen LogP contribution in [-0.2, 0) is 15.0 Å². The molecule has 1 saturated carbocycles. The monoisotopic (exact) mass is 472 g/mol. The first-order chi connectivity index (χ1) is 15.9. The van der Waals surface area contributed by atoms with E-state index in [9.17, 15) is 13.2 Å². The molecule has 2 saturated heterocycles. The molecule has 176 valence electrons. The van der Waals surface area contributed by atoms with Gasteiger partial charge in [-0.2, -0.15) is 22.3 Å². The van der Waals surface area contributed by atoms with E-state index >= 15 is 0 Å². The number of fused-ring (bicyclic) bond motifs is 1. The molecule has 1 amide bonds. The van der Waals surface area contributed by atoms with Gasteiger partial charge in [0.25, 0.3) is 10.2 Å². The van der Waals surface area contributed by atoms with Crippen LogP contribution in [0.2, 0.25) is 0 Å². The summed E-state index contributed by atoms with van der Waals surface area (Å²) in [5, 5.41) is 9.79. The van der Waals surface area contributed by atoms with Crippen LogP contribution in [0.4, 0.5) is 5.82 Å². The molecule has 3 fully saturated rings. The average molecular weight is 473 g/mol. The van der Waals surface area contributed by atoms with Crippen molar-refractivity contribution in [1.82, 2.24) is 28.5 Å². The van der Waals surface area contributed by atoms with Crippen LogP contribution in [0.3, 0.4) is 0 Å². The first-order valence-corrected chi connectivity index (χ1v) is 12.7. The number of nitriles is 1. The van der Waals surface area contributed by atoms with Gasteiger partial charge in [-0.15, -0.1) is 0 Å². The third-order valence-electron chi connectivity index (χ3n) is 7.11. The van der Waals surface area contributed by atoms with Crippen molar-refractivity contribution in [3.63, 3.8) is 0 Å². The van der Waals surface area contributed by atoms with Gasteiger partial charge in [-0.05, 0) is 31.7 Å². The van der Waals surface area contributed by atoms with E-state index in [0.29, 0.717) is 26.2 Å². The molecule has 2 aromatic heterocycles. The van der Waals surface area contributed by atoms with Gasteiger partial charge in [-0.1, -0.05) is 0 Å². The van der Waals surface area contributed by atoms with Gasteiger partial charge in [0.2, 0.25) is 5.91 Å². The van der Waals surface area contributed by atoms with Crippen LogP contribution in [0.25, 0.3) is 11.0 Å². The molecule has 5 rings (SSSR count). The number of hydrogen-bond acceptors (Lipinski definition) is 7. The Bertz CT molecular complexity index is 1200. The Balaban J connectivity index is 1.31. The van der Waals surface area contributed by atoms with E-state index in [1.807, 2.05) is 18.3 Å². The summed E-state index contributed by atoms with van der Waals surface area (Å²) in [6.07, 6.45) is 6.39. The third kappa shape index (κ3) is 3.84. The van der Waals surface area contributed by atoms with Gasteiger partial charge in [0.15, 0.2) is 0 Å². The zero-order valence-electron chi connectivity index (χ0n) is 18.6. The number of likely N-dealkylation sites (N-methyl/N-ethyl adjacent to an activating group) is 1. The molecular formula is C21H28N8O3S. The molecule has 4 heterocycles. The number of nitrogens with one attached hydrogen (secondary N) is 1. The maximum absolute atomic E-state index is 13.6. The average Bonchev–Trinajstić information content (AvgIpc) is 3.18. The summed E-state index contributed by atoms with van der Waals surface area (Å²) in [5.74, 6) is 0.606. The fourth-order valence-electron chi connectivity index (χ4n) is 5.25. The summed E-state index contributed by atoms with van der Waals surface area (Å²) in [7, 11) is -2.10. The van der Waals surface area contributed by atoms with E-state index in [-0.39, 0.29) is 24.9 Å². The fourth-order valence-corrected chi connectivity index (χ4v) is 6.99. The molecule has 2 aromatic rings. The molecule has 1 atom stereocenters. The number of hydrogen-bond donors (Lipinski definition) is 1. The number of carbonyl (C=O) groups is 1. The van der Waals surface area contributed by atoms with Gasteiger partial charge in [-0.25, -0.2) is 9.97 Å². The van der Waals surface area contributed by atoms with E-state index in [4.69, 9.17) is 5.26 Å². The number of piperazine rings is 1. The Labute approximate surface area is 193 Å². The lowest BCUT2D eigenvalue weighted by Gasteiger charge is -2.43. The summed E-state index contributed by atoms with van der Waals surface area (Å²) in [5.41, 5.74) is 0.344. The van der Waals surface area contributed by atoms with Gasteiger partial charge >= 0.3 is 0 Å². The Morgan fingerprint density at radius 1 is 1.33 bits per heavy atom. The van der Waals surface area contributed by atoms with E-state index in [1.54, 1.807) is 16.3 Å². The second-order valence-electron chi connectivity index (χ2n) is 9.16. The molecule has 1 spiro atoms. The van der Waals surface area contributed by atoms with E-state index in [2.05, 4.69) is 19.9 Å². The number of amides is 1. The molecular weight excluding hydrogens is 444 g/mol. The highest BCUT2D eigenvalue weighted by molar-refractivity contribution is 7.86. The minimum Gasteiger partial charge on any atom is -0.353 e. The molecule has 1 aliphatic carbocycles. The Morgan fingerprint density at radius 2 is 2.15 bits per heavy atom. The van der Waals surface area contributed by atoms with E-state index < -0.39 is 15.7 Å². The smallest absolute Gasteiger partial charge is 0.282 e. The maximum atomic E-state index is 13.6. The Hall–Kier alpha value is -2.75. The Morgan fingerprint density at radius 3 is 2.91 bits per heavy atom. The lowest BCUT2D eigenvalue weighted by Crippen LogP contribution is -2.60. The molecule has 2 aliphatic heterocycles. The second-order valence-corrected chi connectivity index (χ2v) is 11.1. The van der Waals surface area contributed by atoms with Crippen molar-refractivity contribution in [3.8, 4) is 6.07 Å². The van der Waals surface area contributed by atoms with Gasteiger partial charge in [0.05, 0.1) is 17.0 Å². The number of rotatable bonds is 6. The van der Waals surface area contributed by atoms with Gasteiger partial charge in [0, 0.05) is 52.0 Å². The number of aromatic nitrogens is 3. The zero-order valence-corrected chi connectivity index (χ0v) is 19.5. The summed E-state index contributed by atoms with van der Waals surface area (Å²) >= 11 is 0. The van der Waals surface area contributed by atoms with Crippen molar-refractivity contribution in [3.05, 3.63) is 18.6 Å². The molecule has 3 aliphatic rings. The normalized spacial score (nSPS) is 22.9. The summed E-state index contributed by atoms with van der Waals surface area (Å²) in [6, 6.07) is 3.66. The van der Waals surface area contributed by atoms with Crippen LogP contribution in [0.15, 0.2) is 18.6 Å². The molecule has 11 nitrogen and oxygen atoms in total. The van der Waals surface area contributed by atoms with Crippen molar-refractivity contribution in [2.75, 3.05) is 44.7 Å². The third-order valence-corrected chi connectivity index (χ3v) is 9.18. The summed E-state index contributed by atoms with van der Waals surface area (Å²) in [4.78, 5) is 27.9. The first-order valence-electron chi connectivity index (χ1n) is 11.3. The van der Waals surface area contributed by atoms with Crippen molar-refractivity contribution in [2.24, 2.45) is 0 Å². The topological polar surface area (TPSA) is 130 Å². The van der Waals surface area contributed by atoms with Crippen molar-refractivity contribution < 1.29 is 13.2 Å². The number of nitrogens with zero attached hydrogens (tertiary/aromatic N) is 7. The standard InChI is InChI=1S/C21H28N8O3S/c1-26(13-16-3-2-10-28(16)18(30)4-8-22)33(31,32)29-12-11-27(14-21(29)6-7-21)20-17-5-9-23-19(17)24-15-25-20/h5,9,15-16H,2-4,6-7,10-14H2,1H3,(H,23,24,25). The van der Waals surface area contributed by atoms with Gasteiger partial charge in [-0.3, -0.25) is 4.79 Å². The van der Waals surface area contributed by atoms with Crippen molar-refractivity contribution in [1.29, 1.82) is 5.26 Å². The lowest BCUT2D eigenvalue weighted by molar-refractivity contribution is -0.131.